The summed E-state index contributed by atoms with van der Waals surface area (Å²) in [7, 11) is 0. The van der Waals surface area contributed by atoms with Crippen LogP contribution < -0.4 is 5.32 Å². The van der Waals surface area contributed by atoms with Crippen molar-refractivity contribution in [2.24, 2.45) is 17.3 Å². The van der Waals surface area contributed by atoms with Gasteiger partial charge in [0.15, 0.2) is 5.13 Å². The molecule has 2 heterocycles. The Labute approximate surface area is 180 Å². The summed E-state index contributed by atoms with van der Waals surface area (Å²) in [6.07, 6.45) is 9.91. The number of carbonyl (C=O) groups is 3. The highest BCUT2D eigenvalue weighted by atomic mass is 32.1. The zero-order valence-corrected chi connectivity index (χ0v) is 18.2. The Kier molecular flexibility index (Phi) is 6.11. The molecule has 0 radical (unpaired) electrons. The molecule has 3 fully saturated rings. The summed E-state index contributed by atoms with van der Waals surface area (Å²) in [5.74, 6) is -0.379. The van der Waals surface area contributed by atoms with Gasteiger partial charge in [0.2, 0.25) is 18.2 Å². The van der Waals surface area contributed by atoms with E-state index < -0.39 is 12.0 Å². The highest BCUT2D eigenvalue weighted by Gasteiger charge is 2.55. The number of aryl methyl sites for hydroxylation is 1. The van der Waals surface area contributed by atoms with Gasteiger partial charge in [-0.3, -0.25) is 19.6 Å². The summed E-state index contributed by atoms with van der Waals surface area (Å²) in [5, 5.41) is 13.8. The standard InChI is InChI=1S/C21H30N4O4S/c1-14-10-22-20(30-14)23-18(27)17-9-21(6-7-21)12-25(17)19(28)16(11-24(29)13-26)8-15-4-2-3-5-15/h10,13,15-17,29H,2-9,11-12H2,1H3,(H,22,23,27)/t16-,17+/m1/s1. The summed E-state index contributed by atoms with van der Waals surface area (Å²) < 4.78 is 0. The maximum atomic E-state index is 13.6. The molecule has 3 amide bonds. The van der Waals surface area contributed by atoms with Gasteiger partial charge in [-0.05, 0) is 43.9 Å². The van der Waals surface area contributed by atoms with Gasteiger partial charge in [-0.1, -0.05) is 25.7 Å². The molecule has 30 heavy (non-hydrogen) atoms. The predicted molar refractivity (Wildman–Crippen MR) is 112 cm³/mol. The van der Waals surface area contributed by atoms with Gasteiger partial charge in [-0.25, -0.2) is 10.0 Å². The van der Waals surface area contributed by atoms with Crippen LogP contribution in [0.2, 0.25) is 0 Å². The molecule has 2 N–H and O–H groups in total. The van der Waals surface area contributed by atoms with Crippen molar-refractivity contribution in [3.63, 3.8) is 0 Å². The van der Waals surface area contributed by atoms with E-state index in [1.54, 1.807) is 11.1 Å². The Morgan fingerprint density at radius 1 is 1.43 bits per heavy atom. The second-order valence-corrected chi connectivity index (χ2v) is 10.5. The molecule has 9 heteroatoms. The van der Waals surface area contributed by atoms with Crippen molar-refractivity contribution >= 4 is 34.7 Å². The molecule has 2 aliphatic carbocycles. The number of aromatic nitrogens is 1. The summed E-state index contributed by atoms with van der Waals surface area (Å²) in [5.41, 5.74) is 0.0535. The molecule has 1 aromatic rings. The number of nitrogens with zero attached hydrogens (tertiary/aromatic N) is 3. The lowest BCUT2D eigenvalue weighted by Crippen LogP contribution is -2.48. The molecule has 2 atom stereocenters. The number of carbonyl (C=O) groups excluding carboxylic acids is 3. The first kappa shape index (κ1) is 21.2. The van der Waals surface area contributed by atoms with Gasteiger partial charge in [0, 0.05) is 17.6 Å². The van der Waals surface area contributed by atoms with Crippen molar-refractivity contribution in [2.45, 2.75) is 64.3 Å². The van der Waals surface area contributed by atoms with E-state index in [0.717, 1.165) is 43.4 Å². The molecule has 0 bridgehead atoms. The molecule has 0 aromatic carbocycles. The average Bonchev–Trinajstić information content (AvgIpc) is 3.08. The Balaban J connectivity index is 1.50. The van der Waals surface area contributed by atoms with E-state index in [4.69, 9.17) is 0 Å². The van der Waals surface area contributed by atoms with Crippen molar-refractivity contribution in [1.29, 1.82) is 0 Å². The minimum atomic E-state index is -0.529. The van der Waals surface area contributed by atoms with Crippen LogP contribution in [-0.4, -0.2) is 57.5 Å². The molecule has 1 saturated heterocycles. The molecule has 1 aromatic heterocycles. The first-order chi connectivity index (χ1) is 14.4. The van der Waals surface area contributed by atoms with Crippen molar-refractivity contribution in [3.05, 3.63) is 11.1 Å². The molecule has 3 aliphatic rings. The van der Waals surface area contributed by atoms with E-state index >= 15 is 0 Å². The fourth-order valence-corrected chi connectivity index (χ4v) is 5.74. The van der Waals surface area contributed by atoms with Crippen LogP contribution in [0.3, 0.4) is 0 Å². The van der Waals surface area contributed by atoms with Crippen molar-refractivity contribution in [3.8, 4) is 0 Å². The van der Waals surface area contributed by atoms with Crippen LogP contribution in [0.1, 0.15) is 56.2 Å². The lowest BCUT2D eigenvalue weighted by molar-refractivity contribution is -0.158. The third kappa shape index (κ3) is 4.67. The number of likely N-dealkylation sites (tertiary alicyclic amines) is 1. The van der Waals surface area contributed by atoms with E-state index in [9.17, 15) is 19.6 Å². The van der Waals surface area contributed by atoms with Gasteiger partial charge in [-0.2, -0.15) is 0 Å². The first-order valence-electron chi connectivity index (χ1n) is 10.8. The highest BCUT2D eigenvalue weighted by Crippen LogP contribution is 2.55. The normalized spacial score (nSPS) is 23.5. The van der Waals surface area contributed by atoms with Crippen molar-refractivity contribution in [1.82, 2.24) is 14.9 Å². The van der Waals surface area contributed by atoms with E-state index in [2.05, 4.69) is 10.3 Å². The maximum absolute atomic E-state index is 13.6. The highest BCUT2D eigenvalue weighted by molar-refractivity contribution is 7.15. The molecule has 0 unspecified atom stereocenters. The largest absolute Gasteiger partial charge is 0.330 e. The van der Waals surface area contributed by atoms with E-state index in [1.807, 2.05) is 6.92 Å². The van der Waals surface area contributed by atoms with Crippen LogP contribution in [-0.2, 0) is 14.4 Å². The molecular weight excluding hydrogens is 404 g/mol. The number of thiazole rings is 1. The Morgan fingerprint density at radius 3 is 2.77 bits per heavy atom. The molecule has 8 nitrogen and oxygen atoms in total. The van der Waals surface area contributed by atoms with Crippen LogP contribution in [0.15, 0.2) is 6.20 Å². The van der Waals surface area contributed by atoms with Crippen LogP contribution >= 0.6 is 11.3 Å². The van der Waals surface area contributed by atoms with Crippen LogP contribution in [0, 0.1) is 24.2 Å². The number of hydrogen-bond donors (Lipinski definition) is 2. The number of hydroxylamine groups is 2. The molecule has 1 aliphatic heterocycles. The van der Waals surface area contributed by atoms with Gasteiger partial charge in [-0.15, -0.1) is 11.3 Å². The Morgan fingerprint density at radius 2 is 2.17 bits per heavy atom. The summed E-state index contributed by atoms with van der Waals surface area (Å²) in [6.45, 7) is 2.48. The van der Waals surface area contributed by atoms with Gasteiger partial charge in [0.05, 0.1) is 12.5 Å². The van der Waals surface area contributed by atoms with Crippen molar-refractivity contribution in [2.75, 3.05) is 18.4 Å². The van der Waals surface area contributed by atoms with Gasteiger partial charge in [0.25, 0.3) is 0 Å². The Hall–Kier alpha value is -2.00. The summed E-state index contributed by atoms with van der Waals surface area (Å²) in [6, 6.07) is -0.529. The molecule has 2 saturated carbocycles. The predicted octanol–water partition coefficient (Wildman–Crippen LogP) is 2.82. The lowest BCUT2D eigenvalue weighted by Gasteiger charge is -2.30. The van der Waals surface area contributed by atoms with Crippen LogP contribution in [0.5, 0.6) is 0 Å². The maximum Gasteiger partial charge on any atom is 0.248 e. The third-order valence-electron chi connectivity index (χ3n) is 6.87. The third-order valence-corrected chi connectivity index (χ3v) is 7.70. The quantitative estimate of drug-likeness (QED) is 0.372. The van der Waals surface area contributed by atoms with E-state index in [-0.39, 0.29) is 23.8 Å². The fraction of sp³-hybridized carbons (Fsp3) is 0.714. The topological polar surface area (TPSA) is 103 Å². The Bertz CT molecular complexity index is 803. The number of rotatable bonds is 8. The summed E-state index contributed by atoms with van der Waals surface area (Å²) in [4.78, 5) is 44.5. The minimum Gasteiger partial charge on any atom is -0.330 e. The fourth-order valence-electron chi connectivity index (χ4n) is 5.07. The number of nitrogens with one attached hydrogen (secondary N) is 1. The van der Waals surface area contributed by atoms with Gasteiger partial charge >= 0.3 is 0 Å². The van der Waals surface area contributed by atoms with Crippen molar-refractivity contribution < 1.29 is 19.6 Å². The van der Waals surface area contributed by atoms with E-state index in [0.29, 0.717) is 41.9 Å². The zero-order chi connectivity index (χ0) is 21.3. The van der Waals surface area contributed by atoms with Crippen LogP contribution in [0.4, 0.5) is 5.13 Å². The minimum absolute atomic E-state index is 0.0254. The smallest absolute Gasteiger partial charge is 0.248 e. The van der Waals surface area contributed by atoms with Gasteiger partial charge < -0.3 is 10.2 Å². The van der Waals surface area contributed by atoms with Gasteiger partial charge in [0.1, 0.15) is 6.04 Å². The average molecular weight is 435 g/mol. The SMILES string of the molecule is Cc1cnc(NC(=O)[C@@H]2CC3(CC3)CN2C(=O)[C@H](CC2CCCC2)CN(O)C=O)s1. The molecule has 4 rings (SSSR count). The second-order valence-electron chi connectivity index (χ2n) is 9.26. The summed E-state index contributed by atoms with van der Waals surface area (Å²) >= 11 is 1.41. The number of anilines is 1. The molecule has 164 valence electrons. The monoisotopic (exact) mass is 434 g/mol. The van der Waals surface area contributed by atoms with Crippen LogP contribution in [0.25, 0.3) is 0 Å². The number of hydrogen-bond acceptors (Lipinski definition) is 6. The van der Waals surface area contributed by atoms with E-state index in [1.165, 1.54) is 11.3 Å². The second kappa shape index (κ2) is 8.63. The first-order valence-corrected chi connectivity index (χ1v) is 11.7. The molecule has 1 spiro atoms. The molecular formula is C21H30N4O4S. The lowest BCUT2D eigenvalue weighted by atomic mass is 9.91. The zero-order valence-electron chi connectivity index (χ0n) is 17.4. The number of amides is 3.